The van der Waals surface area contributed by atoms with Crippen molar-refractivity contribution in [2.75, 3.05) is 0 Å². The summed E-state index contributed by atoms with van der Waals surface area (Å²) in [5.41, 5.74) is 0.422. The van der Waals surface area contributed by atoms with Crippen molar-refractivity contribution in [2.45, 2.75) is 76.1 Å². The van der Waals surface area contributed by atoms with E-state index < -0.39 is 42.8 Å². The predicted molar refractivity (Wildman–Crippen MR) is 102 cm³/mol. The number of carboxylic acid groups (broad SMARTS) is 1. The van der Waals surface area contributed by atoms with E-state index in [9.17, 15) is 25.2 Å². The van der Waals surface area contributed by atoms with Crippen LogP contribution in [0, 0.1) is 0 Å². The number of halogens is 1. The molecule has 1 fully saturated rings. The fourth-order valence-electron chi connectivity index (χ4n) is 3.24. The SMILES string of the molecule is C[C@@H](NC(C)(C)C)[C@@H](O[C@@H]1O[C@H](C(=O)O)[C@@H](O)C(O)C1O)c1cccc(Cl)c1. The van der Waals surface area contributed by atoms with Gasteiger partial charge in [0.2, 0.25) is 0 Å². The Kier molecular flexibility index (Phi) is 7.44. The van der Waals surface area contributed by atoms with E-state index in [1.54, 1.807) is 24.3 Å². The Morgan fingerprint density at radius 3 is 2.39 bits per heavy atom. The van der Waals surface area contributed by atoms with Gasteiger partial charge in [0, 0.05) is 16.6 Å². The molecule has 9 heteroatoms. The van der Waals surface area contributed by atoms with Gasteiger partial charge in [-0.05, 0) is 45.4 Å². The summed E-state index contributed by atoms with van der Waals surface area (Å²) in [6.45, 7) is 7.80. The molecule has 0 aromatic heterocycles. The van der Waals surface area contributed by atoms with Crippen molar-refractivity contribution in [3.05, 3.63) is 34.9 Å². The highest BCUT2D eigenvalue weighted by Crippen LogP contribution is 2.31. The average Bonchev–Trinajstić information content (AvgIpc) is 2.57. The van der Waals surface area contributed by atoms with Gasteiger partial charge in [-0.2, -0.15) is 0 Å². The molecule has 1 aliphatic heterocycles. The number of aliphatic hydroxyl groups excluding tert-OH is 3. The van der Waals surface area contributed by atoms with Crippen LogP contribution in [0.5, 0.6) is 0 Å². The second-order valence-electron chi connectivity index (χ2n) is 8.03. The number of aliphatic hydroxyl groups is 3. The summed E-state index contributed by atoms with van der Waals surface area (Å²) < 4.78 is 11.2. The molecule has 1 saturated heterocycles. The molecule has 158 valence electrons. The van der Waals surface area contributed by atoms with Gasteiger partial charge in [-0.3, -0.25) is 0 Å². The molecule has 1 heterocycles. The van der Waals surface area contributed by atoms with E-state index in [0.29, 0.717) is 10.6 Å². The first-order valence-electron chi connectivity index (χ1n) is 9.02. The first-order chi connectivity index (χ1) is 12.9. The van der Waals surface area contributed by atoms with E-state index in [0.717, 1.165) is 0 Å². The summed E-state index contributed by atoms with van der Waals surface area (Å²) in [6.07, 6.45) is -9.02. The lowest BCUT2D eigenvalue weighted by Gasteiger charge is -2.41. The van der Waals surface area contributed by atoms with Crippen LogP contribution in [-0.2, 0) is 14.3 Å². The van der Waals surface area contributed by atoms with Gasteiger partial charge in [-0.1, -0.05) is 23.7 Å². The number of nitrogens with one attached hydrogen (secondary N) is 1. The van der Waals surface area contributed by atoms with E-state index in [-0.39, 0.29) is 11.6 Å². The van der Waals surface area contributed by atoms with E-state index in [2.05, 4.69) is 5.32 Å². The molecule has 5 N–H and O–H groups in total. The van der Waals surface area contributed by atoms with Gasteiger partial charge in [0.05, 0.1) is 0 Å². The van der Waals surface area contributed by atoms with Gasteiger partial charge in [0.15, 0.2) is 12.4 Å². The van der Waals surface area contributed by atoms with Crippen LogP contribution in [0.4, 0.5) is 0 Å². The number of ether oxygens (including phenoxy) is 2. The molecular formula is C19H28ClNO7. The van der Waals surface area contributed by atoms with Crippen molar-refractivity contribution in [3.8, 4) is 0 Å². The van der Waals surface area contributed by atoms with Crippen LogP contribution >= 0.6 is 11.6 Å². The highest BCUT2D eigenvalue weighted by atomic mass is 35.5. The molecule has 0 spiro atoms. The number of hydrogen-bond donors (Lipinski definition) is 5. The summed E-state index contributed by atoms with van der Waals surface area (Å²) in [6, 6.07) is 6.64. The zero-order valence-corrected chi connectivity index (χ0v) is 17.0. The number of carbonyl (C=O) groups is 1. The molecule has 0 bridgehead atoms. The lowest BCUT2D eigenvalue weighted by molar-refractivity contribution is -0.307. The van der Waals surface area contributed by atoms with Crippen LogP contribution in [0.15, 0.2) is 24.3 Å². The molecular weight excluding hydrogens is 390 g/mol. The molecule has 0 radical (unpaired) electrons. The van der Waals surface area contributed by atoms with E-state index in [1.807, 2.05) is 27.7 Å². The Morgan fingerprint density at radius 1 is 1.21 bits per heavy atom. The van der Waals surface area contributed by atoms with Crippen molar-refractivity contribution in [3.63, 3.8) is 0 Å². The quantitative estimate of drug-likeness (QED) is 0.465. The molecule has 2 rings (SSSR count). The third-order valence-corrected chi connectivity index (χ3v) is 4.62. The number of hydrogen-bond acceptors (Lipinski definition) is 7. The molecule has 0 amide bonds. The van der Waals surface area contributed by atoms with Crippen molar-refractivity contribution >= 4 is 17.6 Å². The number of aliphatic carboxylic acids is 1. The molecule has 1 aliphatic rings. The lowest BCUT2D eigenvalue weighted by atomic mass is 9.97. The molecule has 2 unspecified atom stereocenters. The van der Waals surface area contributed by atoms with Crippen LogP contribution in [-0.4, -0.2) is 68.7 Å². The van der Waals surface area contributed by atoms with Gasteiger partial charge in [-0.25, -0.2) is 4.79 Å². The Labute approximate surface area is 169 Å². The van der Waals surface area contributed by atoms with Gasteiger partial charge < -0.3 is 35.2 Å². The monoisotopic (exact) mass is 417 g/mol. The minimum absolute atomic E-state index is 0.259. The molecule has 0 aliphatic carbocycles. The minimum Gasteiger partial charge on any atom is -0.479 e. The Balaban J connectivity index is 2.31. The van der Waals surface area contributed by atoms with E-state index >= 15 is 0 Å². The van der Waals surface area contributed by atoms with Crippen LogP contribution in [0.25, 0.3) is 0 Å². The van der Waals surface area contributed by atoms with Crippen LogP contribution in [0.2, 0.25) is 5.02 Å². The van der Waals surface area contributed by atoms with Crippen molar-refractivity contribution in [1.82, 2.24) is 5.32 Å². The standard InChI is InChI=1S/C19H28ClNO7/c1-9(21-19(2,3)4)15(10-6-5-7-11(20)8-10)27-18-14(24)12(22)13(23)16(28-18)17(25)26/h5-9,12-16,18,21-24H,1-4H3,(H,25,26)/t9-,12?,13+,14?,15-,16+,18-/m1/s1. The van der Waals surface area contributed by atoms with Crippen molar-refractivity contribution in [2.24, 2.45) is 0 Å². The molecule has 1 aromatic rings. The fourth-order valence-corrected chi connectivity index (χ4v) is 3.44. The number of carboxylic acids is 1. The summed E-state index contributed by atoms with van der Waals surface area (Å²) in [5, 5.41) is 43.2. The molecule has 8 nitrogen and oxygen atoms in total. The fraction of sp³-hybridized carbons (Fsp3) is 0.632. The maximum Gasteiger partial charge on any atom is 0.335 e. The van der Waals surface area contributed by atoms with Gasteiger partial charge in [0.25, 0.3) is 0 Å². The number of rotatable bonds is 6. The second kappa shape index (κ2) is 9.04. The smallest absolute Gasteiger partial charge is 0.335 e. The Bertz CT molecular complexity index is 680. The minimum atomic E-state index is -1.78. The predicted octanol–water partition coefficient (Wildman–Crippen LogP) is 1.07. The van der Waals surface area contributed by atoms with Gasteiger partial charge in [0.1, 0.15) is 24.4 Å². The zero-order chi connectivity index (χ0) is 21.2. The third kappa shape index (κ3) is 5.64. The highest BCUT2D eigenvalue weighted by Gasteiger charge is 2.48. The van der Waals surface area contributed by atoms with Gasteiger partial charge in [-0.15, -0.1) is 0 Å². The first kappa shape index (κ1) is 23.0. The van der Waals surface area contributed by atoms with Gasteiger partial charge >= 0.3 is 5.97 Å². The van der Waals surface area contributed by atoms with Crippen molar-refractivity contribution in [1.29, 1.82) is 0 Å². The second-order valence-corrected chi connectivity index (χ2v) is 8.47. The lowest BCUT2D eigenvalue weighted by Crippen LogP contribution is -2.61. The molecule has 0 saturated carbocycles. The summed E-state index contributed by atoms with van der Waals surface area (Å²) in [5.74, 6) is -1.47. The maximum atomic E-state index is 11.3. The topological polar surface area (TPSA) is 128 Å². The van der Waals surface area contributed by atoms with Crippen molar-refractivity contribution < 1.29 is 34.7 Å². The van der Waals surface area contributed by atoms with E-state index in [1.165, 1.54) is 0 Å². The normalized spacial score (nSPS) is 30.6. The summed E-state index contributed by atoms with van der Waals surface area (Å²) in [7, 11) is 0. The highest BCUT2D eigenvalue weighted by molar-refractivity contribution is 6.30. The third-order valence-electron chi connectivity index (χ3n) is 4.39. The van der Waals surface area contributed by atoms with Crippen LogP contribution in [0.3, 0.4) is 0 Å². The van der Waals surface area contributed by atoms with Crippen LogP contribution in [0.1, 0.15) is 39.4 Å². The Hall–Kier alpha value is -1.26. The maximum absolute atomic E-state index is 11.3. The average molecular weight is 418 g/mol. The molecule has 28 heavy (non-hydrogen) atoms. The molecule has 7 atom stereocenters. The number of benzene rings is 1. The van der Waals surface area contributed by atoms with Crippen LogP contribution < -0.4 is 5.32 Å². The summed E-state index contributed by atoms with van der Waals surface area (Å²) in [4.78, 5) is 11.3. The zero-order valence-electron chi connectivity index (χ0n) is 16.2. The summed E-state index contributed by atoms with van der Waals surface area (Å²) >= 11 is 6.10. The Morgan fingerprint density at radius 2 is 1.86 bits per heavy atom. The largest absolute Gasteiger partial charge is 0.479 e. The first-order valence-corrected chi connectivity index (χ1v) is 9.39. The van der Waals surface area contributed by atoms with E-state index in [4.69, 9.17) is 21.1 Å². The molecule has 1 aromatic carbocycles.